The molecule has 1 aliphatic heterocycles. The van der Waals surface area contributed by atoms with Gasteiger partial charge in [0, 0.05) is 6.04 Å². The van der Waals surface area contributed by atoms with Gasteiger partial charge in [-0.25, -0.2) is 0 Å². The maximum Gasteiger partial charge on any atom is 0.241 e. The lowest BCUT2D eigenvalue weighted by Gasteiger charge is -2.63. The maximum atomic E-state index is 13.4. The molecule has 1 amide bonds. The number of aliphatic hydroxyl groups excluding tert-OH is 1. The smallest absolute Gasteiger partial charge is 0.241 e. The number of nitriles is 1. The molecule has 6 atom stereocenters. The van der Waals surface area contributed by atoms with Crippen molar-refractivity contribution in [3.05, 3.63) is 0 Å². The van der Waals surface area contributed by atoms with Gasteiger partial charge in [-0.15, -0.1) is 0 Å². The molecule has 6 nitrogen and oxygen atoms in total. The summed E-state index contributed by atoms with van der Waals surface area (Å²) >= 11 is 0. The van der Waals surface area contributed by atoms with Crippen LogP contribution in [0.4, 0.5) is 0 Å². The molecule has 1 unspecified atom stereocenters. The molecule has 6 fully saturated rings. The molecule has 6 heteroatoms. The molecule has 3 N–H and O–H groups in total. The zero-order valence-electron chi connectivity index (χ0n) is 15.3. The van der Waals surface area contributed by atoms with Crippen LogP contribution in [0.25, 0.3) is 0 Å². The average Bonchev–Trinajstić information content (AvgIpc) is 3.27. The van der Waals surface area contributed by atoms with Crippen LogP contribution in [0.1, 0.15) is 51.4 Å². The fourth-order valence-electron chi connectivity index (χ4n) is 7.35. The van der Waals surface area contributed by atoms with Crippen molar-refractivity contribution >= 4 is 5.91 Å². The topological polar surface area (TPSA) is 99.6 Å². The van der Waals surface area contributed by atoms with Crippen LogP contribution in [0, 0.1) is 34.5 Å². The highest BCUT2D eigenvalue weighted by molar-refractivity contribution is 5.84. The monoisotopic (exact) mass is 359 g/mol. The predicted molar refractivity (Wildman–Crippen MR) is 93.6 cm³/mol. The van der Waals surface area contributed by atoms with E-state index >= 15 is 0 Å². The van der Waals surface area contributed by atoms with Crippen molar-refractivity contribution in [1.82, 2.24) is 4.90 Å². The summed E-state index contributed by atoms with van der Waals surface area (Å²) in [6.45, 7) is 0.404. The Kier molecular flexibility index (Phi) is 3.70. The van der Waals surface area contributed by atoms with Crippen LogP contribution in [-0.4, -0.2) is 52.9 Å². The number of carbonyl (C=O) groups is 1. The van der Waals surface area contributed by atoms with Crippen molar-refractivity contribution in [2.45, 2.75) is 75.1 Å². The van der Waals surface area contributed by atoms with Gasteiger partial charge in [0.2, 0.25) is 5.91 Å². The number of piperidine rings is 1. The highest BCUT2D eigenvalue weighted by Gasteiger charge is 2.63. The summed E-state index contributed by atoms with van der Waals surface area (Å²) in [5.74, 6) is 1.67. The summed E-state index contributed by atoms with van der Waals surface area (Å²) < 4.78 is 6.16. The van der Waals surface area contributed by atoms with E-state index in [1.165, 1.54) is 6.42 Å². The lowest BCUT2D eigenvalue weighted by Crippen LogP contribution is -2.65. The third kappa shape index (κ3) is 2.37. The Morgan fingerprint density at radius 3 is 2.65 bits per heavy atom. The second-order valence-electron chi connectivity index (χ2n) is 9.75. The number of nitrogens with two attached hydrogens (primary N) is 1. The third-order valence-corrected chi connectivity index (χ3v) is 7.99. The van der Waals surface area contributed by atoms with Crippen LogP contribution < -0.4 is 5.73 Å². The van der Waals surface area contributed by atoms with Gasteiger partial charge in [0.25, 0.3) is 0 Å². The molecule has 5 saturated carbocycles. The number of amides is 1. The van der Waals surface area contributed by atoms with E-state index in [2.05, 4.69) is 6.07 Å². The molecule has 0 aromatic rings. The van der Waals surface area contributed by atoms with Crippen LogP contribution in [-0.2, 0) is 9.53 Å². The zero-order chi connectivity index (χ0) is 18.1. The normalized spacial score (nSPS) is 49.0. The van der Waals surface area contributed by atoms with Gasteiger partial charge >= 0.3 is 0 Å². The van der Waals surface area contributed by atoms with Gasteiger partial charge in [0.05, 0.1) is 30.9 Å². The summed E-state index contributed by atoms with van der Waals surface area (Å²) in [5, 5.41) is 18.7. The zero-order valence-corrected chi connectivity index (χ0v) is 15.3. The molecule has 6 aliphatic rings. The van der Waals surface area contributed by atoms with E-state index in [1.807, 2.05) is 4.90 Å². The summed E-state index contributed by atoms with van der Waals surface area (Å²) in [6.07, 6.45) is 8.03. The minimum absolute atomic E-state index is 0.000748. The summed E-state index contributed by atoms with van der Waals surface area (Å²) in [6, 6.07) is 1.76. The number of carbonyl (C=O) groups excluding carboxylic acids is 1. The van der Waals surface area contributed by atoms with Gasteiger partial charge in [0.15, 0.2) is 0 Å². The number of hydrogen-bond acceptors (Lipinski definition) is 5. The van der Waals surface area contributed by atoms with E-state index in [4.69, 9.17) is 10.5 Å². The van der Waals surface area contributed by atoms with E-state index in [9.17, 15) is 15.2 Å². The van der Waals surface area contributed by atoms with Crippen LogP contribution >= 0.6 is 0 Å². The highest BCUT2D eigenvalue weighted by Crippen LogP contribution is 2.64. The van der Waals surface area contributed by atoms with E-state index in [1.54, 1.807) is 0 Å². The molecule has 26 heavy (non-hydrogen) atoms. The first kappa shape index (κ1) is 17.0. The Labute approximate surface area is 154 Å². The molecule has 0 aromatic heterocycles. The van der Waals surface area contributed by atoms with Crippen molar-refractivity contribution < 1.29 is 14.6 Å². The van der Waals surface area contributed by atoms with Gasteiger partial charge in [-0.3, -0.25) is 4.79 Å². The molecule has 0 radical (unpaired) electrons. The van der Waals surface area contributed by atoms with Gasteiger partial charge < -0.3 is 20.5 Å². The number of hydrogen-bond donors (Lipinski definition) is 2. The van der Waals surface area contributed by atoms with E-state index < -0.39 is 6.04 Å². The number of rotatable bonds is 5. The van der Waals surface area contributed by atoms with Crippen LogP contribution in [0.2, 0.25) is 0 Å². The van der Waals surface area contributed by atoms with Gasteiger partial charge in [0.1, 0.15) is 6.04 Å². The van der Waals surface area contributed by atoms with Crippen LogP contribution in [0.3, 0.4) is 0 Å². The van der Waals surface area contributed by atoms with Crippen molar-refractivity contribution in [2.24, 2.45) is 28.9 Å². The Morgan fingerprint density at radius 1 is 1.27 bits per heavy atom. The minimum Gasteiger partial charge on any atom is -0.394 e. The SMILES string of the molecule is N#CC1C[C@@H]2C[C@@H]2N1C(=O)[C@@H](N)C12C[C@@H]3C[C@H](CC(OCCO)(C3)C1)C2. The molecular formula is C20H29N3O3. The standard InChI is InChI=1S/C20H29N3O3/c21-10-15-4-14-5-16(14)23(15)18(25)17(22)19-6-12-3-13(7-19)9-20(8-12,11-19)26-2-1-24/h12-17,24H,1-9,11,22H2/t12-,13-,14+,15?,16-,17+,19?,20?/m0/s1. The van der Waals surface area contributed by atoms with Crippen molar-refractivity contribution in [2.75, 3.05) is 13.2 Å². The van der Waals surface area contributed by atoms with Crippen LogP contribution in [0.5, 0.6) is 0 Å². The van der Waals surface area contributed by atoms with Crippen molar-refractivity contribution in [3.63, 3.8) is 0 Å². The van der Waals surface area contributed by atoms with Gasteiger partial charge in [-0.05, 0) is 74.5 Å². The first-order chi connectivity index (χ1) is 12.5. The molecule has 0 aromatic carbocycles. The predicted octanol–water partition coefficient (Wildman–Crippen LogP) is 1.17. The molecule has 4 bridgehead atoms. The lowest BCUT2D eigenvalue weighted by atomic mass is 9.46. The summed E-state index contributed by atoms with van der Waals surface area (Å²) in [4.78, 5) is 15.2. The average molecular weight is 359 g/mol. The fourth-order valence-corrected chi connectivity index (χ4v) is 7.35. The minimum atomic E-state index is -0.527. The first-order valence-corrected chi connectivity index (χ1v) is 10.2. The van der Waals surface area contributed by atoms with E-state index in [-0.39, 0.29) is 35.6 Å². The highest BCUT2D eigenvalue weighted by atomic mass is 16.5. The molecule has 6 rings (SSSR count). The Bertz CT molecular complexity index is 645. The van der Waals surface area contributed by atoms with E-state index in [0.717, 1.165) is 44.9 Å². The molecule has 142 valence electrons. The number of likely N-dealkylation sites (tertiary alicyclic amines) is 1. The molecule has 1 heterocycles. The van der Waals surface area contributed by atoms with Crippen molar-refractivity contribution in [1.29, 1.82) is 5.26 Å². The largest absolute Gasteiger partial charge is 0.394 e. The van der Waals surface area contributed by atoms with Gasteiger partial charge in [-0.2, -0.15) is 5.26 Å². The Morgan fingerprint density at radius 2 is 2.00 bits per heavy atom. The third-order valence-electron chi connectivity index (χ3n) is 7.99. The molecular weight excluding hydrogens is 330 g/mol. The fraction of sp³-hybridized carbons (Fsp3) is 0.900. The van der Waals surface area contributed by atoms with Crippen LogP contribution in [0.15, 0.2) is 0 Å². The number of nitrogens with zero attached hydrogens (tertiary/aromatic N) is 2. The van der Waals surface area contributed by atoms with E-state index in [0.29, 0.717) is 24.4 Å². The number of aliphatic hydroxyl groups is 1. The Balaban J connectivity index is 1.40. The summed E-state index contributed by atoms with van der Waals surface area (Å²) in [7, 11) is 0. The Hall–Kier alpha value is -1.16. The molecule has 1 saturated heterocycles. The number of fused-ring (bicyclic) bond motifs is 1. The quantitative estimate of drug-likeness (QED) is 0.768. The van der Waals surface area contributed by atoms with Gasteiger partial charge in [-0.1, -0.05) is 0 Å². The second kappa shape index (κ2) is 5.67. The lowest BCUT2D eigenvalue weighted by molar-refractivity contribution is -0.203. The second-order valence-corrected chi connectivity index (χ2v) is 9.75. The molecule has 0 spiro atoms. The maximum absolute atomic E-state index is 13.4. The number of ether oxygens (including phenoxy) is 1. The molecule has 5 aliphatic carbocycles. The van der Waals surface area contributed by atoms with Crippen molar-refractivity contribution in [3.8, 4) is 6.07 Å². The summed E-state index contributed by atoms with van der Waals surface area (Å²) in [5.41, 5.74) is 6.28. The first-order valence-electron chi connectivity index (χ1n) is 10.2.